The van der Waals surface area contributed by atoms with Crippen molar-refractivity contribution in [2.24, 2.45) is 0 Å². The molecule has 0 saturated carbocycles. The highest BCUT2D eigenvalue weighted by Gasteiger charge is 2.13. The van der Waals surface area contributed by atoms with Gasteiger partial charge in [-0.05, 0) is 0 Å². The monoisotopic (exact) mass is 206 g/mol. The Hall–Kier alpha value is -2.37. The summed E-state index contributed by atoms with van der Waals surface area (Å²) in [5.74, 6) is -1.20. The number of hydrogen-bond donors (Lipinski definition) is 2. The first-order valence-electron chi connectivity index (χ1n) is 4.03. The molecule has 2 aromatic heterocycles. The van der Waals surface area contributed by atoms with Crippen LogP contribution < -0.4 is 10.6 Å². The van der Waals surface area contributed by atoms with Gasteiger partial charge in [0.25, 0.3) is 0 Å². The third-order valence-corrected chi connectivity index (χ3v) is 2.04. The summed E-state index contributed by atoms with van der Waals surface area (Å²) in [4.78, 5) is 22.1. The maximum Gasteiger partial charge on any atom is 0.339 e. The molecule has 0 aromatic carbocycles. The zero-order valence-electron chi connectivity index (χ0n) is 7.41. The molecule has 2 rings (SSSR count). The maximum atomic E-state index is 11.3. The fourth-order valence-corrected chi connectivity index (χ4v) is 1.37. The van der Waals surface area contributed by atoms with Crippen molar-refractivity contribution in [3.05, 3.63) is 39.5 Å². The number of rotatable bonds is 1. The molecule has 0 spiro atoms. The van der Waals surface area contributed by atoms with Crippen LogP contribution in [0.4, 0.5) is 0 Å². The van der Waals surface area contributed by atoms with Crippen molar-refractivity contribution in [1.29, 1.82) is 0 Å². The van der Waals surface area contributed by atoms with Crippen LogP contribution in [-0.2, 0) is 0 Å². The van der Waals surface area contributed by atoms with Crippen LogP contribution in [0.1, 0.15) is 10.4 Å². The first-order valence-corrected chi connectivity index (χ1v) is 4.03. The van der Waals surface area contributed by atoms with Gasteiger partial charge in [0.05, 0.1) is 23.2 Å². The van der Waals surface area contributed by atoms with Crippen LogP contribution in [0, 0.1) is 0 Å². The number of carboxylic acids is 1. The zero-order chi connectivity index (χ0) is 11.0. The van der Waals surface area contributed by atoms with Gasteiger partial charge in [-0.3, -0.25) is 4.79 Å². The number of carbonyl (C=O) groups is 1. The van der Waals surface area contributed by atoms with E-state index in [0.717, 1.165) is 6.20 Å². The van der Waals surface area contributed by atoms with Crippen molar-refractivity contribution in [2.75, 3.05) is 0 Å². The molecule has 76 valence electrons. The molecule has 0 fully saturated rings. The van der Waals surface area contributed by atoms with Gasteiger partial charge in [0.2, 0.25) is 0 Å². The molecule has 2 N–H and O–H groups in total. The van der Waals surface area contributed by atoms with E-state index >= 15 is 0 Å². The lowest BCUT2D eigenvalue weighted by atomic mass is 10.2. The van der Waals surface area contributed by atoms with E-state index < -0.39 is 11.4 Å². The minimum atomic E-state index is -1.20. The van der Waals surface area contributed by atoms with Crippen molar-refractivity contribution >= 4 is 17.7 Å². The second-order valence-electron chi connectivity index (χ2n) is 2.88. The van der Waals surface area contributed by atoms with Gasteiger partial charge < -0.3 is 10.2 Å². The quantitative estimate of drug-likeness (QED) is 0.650. The predicted octanol–water partition coefficient (Wildman–Crippen LogP) is -0.592. The average Bonchev–Trinajstić information content (AvgIpc) is 2.61. The van der Waals surface area contributed by atoms with E-state index in [0.29, 0.717) is 6.26 Å². The second-order valence-corrected chi connectivity index (χ2v) is 2.88. The molecule has 2 aromatic rings. The Bertz CT molecular complexity index is 644. The van der Waals surface area contributed by atoms with E-state index in [1.54, 1.807) is 0 Å². The third kappa shape index (κ3) is 1.23. The molecule has 0 bridgehead atoms. The number of fused-ring (bicyclic) bond motifs is 1. The first-order chi connectivity index (χ1) is 7.15. The van der Waals surface area contributed by atoms with Gasteiger partial charge in [0.15, 0.2) is 5.43 Å². The molecule has 0 radical (unpaired) electrons. The second kappa shape index (κ2) is 3.09. The number of aromatic carboxylic acids is 1. The van der Waals surface area contributed by atoms with Gasteiger partial charge in [0, 0.05) is 12.3 Å². The Morgan fingerprint density at radius 2 is 2.27 bits per heavy atom. The minimum absolute atomic E-state index is 0.0765. The summed E-state index contributed by atoms with van der Waals surface area (Å²) in [5, 5.41) is 21.4. The fraction of sp³-hybridized carbons (Fsp3) is 0. The van der Waals surface area contributed by atoms with Crippen LogP contribution in [0.5, 0.6) is 0 Å². The lowest BCUT2D eigenvalue weighted by Crippen LogP contribution is -2.26. The molecule has 0 aliphatic rings. The zero-order valence-corrected chi connectivity index (χ0v) is 7.41. The summed E-state index contributed by atoms with van der Waals surface area (Å²) in [7, 11) is 0. The number of pyridine rings is 1. The Morgan fingerprint density at radius 3 is 2.87 bits per heavy atom. The molecule has 0 aliphatic carbocycles. The highest BCUT2D eigenvalue weighted by Crippen LogP contribution is 2.03. The van der Waals surface area contributed by atoms with Crippen molar-refractivity contribution in [3.63, 3.8) is 0 Å². The average molecular weight is 206 g/mol. The maximum absolute atomic E-state index is 11.3. The predicted molar refractivity (Wildman–Crippen MR) is 50.7 cm³/mol. The van der Waals surface area contributed by atoms with Crippen LogP contribution in [0.3, 0.4) is 0 Å². The Balaban J connectivity index is 3.07. The topological polar surface area (TPSA) is 91.9 Å². The van der Waals surface area contributed by atoms with Crippen molar-refractivity contribution in [3.8, 4) is 0 Å². The number of aliphatic hydroxyl groups excluding tert-OH is 1. The smallest absolute Gasteiger partial charge is 0.339 e. The first kappa shape index (κ1) is 9.20. The summed E-state index contributed by atoms with van der Waals surface area (Å²) in [6.45, 7) is 0. The molecule has 0 unspecified atom stereocenters. The fourth-order valence-electron chi connectivity index (χ4n) is 1.37. The third-order valence-electron chi connectivity index (χ3n) is 2.04. The number of aromatic nitrogens is 2. The molecular formula is C9H6N2O4. The van der Waals surface area contributed by atoms with Crippen LogP contribution in [-0.4, -0.2) is 25.8 Å². The summed E-state index contributed by atoms with van der Waals surface area (Å²) in [6.07, 6.45) is 3.06. The normalized spacial score (nSPS) is 12.1. The SMILES string of the molecule is O=C(O)c1cnn2ccc(=O)c(=CO)c12. The van der Waals surface area contributed by atoms with E-state index in [1.165, 1.54) is 16.8 Å². The van der Waals surface area contributed by atoms with Gasteiger partial charge in [-0.15, -0.1) is 0 Å². The number of carboxylic acid groups (broad SMARTS) is 1. The highest BCUT2D eigenvalue weighted by molar-refractivity contribution is 5.95. The lowest BCUT2D eigenvalue weighted by Gasteiger charge is -1.93. The molecule has 15 heavy (non-hydrogen) atoms. The van der Waals surface area contributed by atoms with E-state index in [-0.39, 0.29) is 16.3 Å². The Labute approximate surface area is 82.7 Å². The van der Waals surface area contributed by atoms with Crippen LogP contribution in [0.25, 0.3) is 11.8 Å². The van der Waals surface area contributed by atoms with Crippen molar-refractivity contribution < 1.29 is 15.0 Å². The molecule has 0 saturated heterocycles. The summed E-state index contributed by atoms with van der Waals surface area (Å²) >= 11 is 0. The van der Waals surface area contributed by atoms with E-state index in [1.807, 2.05) is 0 Å². The molecule has 0 aliphatic heterocycles. The van der Waals surface area contributed by atoms with Gasteiger partial charge in [-0.1, -0.05) is 0 Å². The van der Waals surface area contributed by atoms with Gasteiger partial charge in [-0.25, -0.2) is 9.31 Å². The largest absolute Gasteiger partial charge is 0.515 e. The Kier molecular flexibility index (Phi) is 1.89. The molecular weight excluding hydrogens is 200 g/mol. The highest BCUT2D eigenvalue weighted by atomic mass is 16.4. The van der Waals surface area contributed by atoms with E-state index in [9.17, 15) is 9.59 Å². The number of nitrogens with zero attached hydrogens (tertiary/aromatic N) is 2. The minimum Gasteiger partial charge on any atom is -0.515 e. The van der Waals surface area contributed by atoms with Crippen LogP contribution >= 0.6 is 0 Å². The van der Waals surface area contributed by atoms with Gasteiger partial charge >= 0.3 is 5.97 Å². The Morgan fingerprint density at radius 1 is 1.53 bits per heavy atom. The molecule has 6 nitrogen and oxygen atoms in total. The van der Waals surface area contributed by atoms with Crippen LogP contribution in [0.2, 0.25) is 0 Å². The summed E-state index contributed by atoms with van der Waals surface area (Å²) < 4.78 is 1.23. The van der Waals surface area contributed by atoms with Gasteiger partial charge in [0.1, 0.15) is 5.56 Å². The standard InChI is InChI=1S/C9H6N2O4/c12-4-6-7(13)1-2-11-8(6)5(3-10-11)9(14)15/h1-4,12H,(H,14,15). The molecule has 0 atom stereocenters. The van der Waals surface area contributed by atoms with E-state index in [2.05, 4.69) is 5.10 Å². The summed E-state index contributed by atoms with van der Waals surface area (Å²) in [6, 6.07) is 1.20. The van der Waals surface area contributed by atoms with Gasteiger partial charge in [-0.2, -0.15) is 5.10 Å². The molecule has 0 amide bonds. The molecule has 6 heteroatoms. The summed E-state index contributed by atoms with van der Waals surface area (Å²) in [5.41, 5.74) is -0.474. The number of hydrogen-bond acceptors (Lipinski definition) is 4. The lowest BCUT2D eigenvalue weighted by molar-refractivity contribution is 0.0699. The van der Waals surface area contributed by atoms with Crippen molar-refractivity contribution in [1.82, 2.24) is 9.61 Å². The van der Waals surface area contributed by atoms with Crippen LogP contribution in [0.15, 0.2) is 23.3 Å². The van der Waals surface area contributed by atoms with Crippen molar-refractivity contribution in [2.45, 2.75) is 0 Å². The van der Waals surface area contributed by atoms with E-state index in [4.69, 9.17) is 10.2 Å². The number of aliphatic hydroxyl groups is 1. The molecule has 2 heterocycles.